The second-order valence-electron chi connectivity index (χ2n) is 5.28. The van der Waals surface area contributed by atoms with Crippen molar-refractivity contribution in [2.45, 2.75) is 6.92 Å². The molecule has 25 heavy (non-hydrogen) atoms. The molecule has 126 valence electrons. The van der Waals surface area contributed by atoms with E-state index in [1.807, 2.05) is 43.3 Å². The van der Waals surface area contributed by atoms with Gasteiger partial charge in [-0.05, 0) is 71.0 Å². The molecule has 0 heterocycles. The molecular formula is C20H17IN2O2. The molecule has 0 aliphatic carbocycles. The van der Waals surface area contributed by atoms with E-state index >= 15 is 0 Å². The smallest absolute Gasteiger partial charge is 0.266 e. The van der Waals surface area contributed by atoms with E-state index in [-0.39, 0.29) is 5.57 Å². The second kappa shape index (κ2) is 9.04. The van der Waals surface area contributed by atoms with E-state index in [2.05, 4.69) is 34.5 Å². The molecule has 2 rings (SSSR count). The minimum atomic E-state index is -0.435. The number of carbonyl (C=O) groups excluding carboxylic acids is 1. The summed E-state index contributed by atoms with van der Waals surface area (Å²) in [5.41, 5.74) is 2.49. The van der Waals surface area contributed by atoms with Gasteiger partial charge < -0.3 is 10.1 Å². The molecule has 5 heteroatoms. The number of nitriles is 1. The Balaban J connectivity index is 2.19. The van der Waals surface area contributed by atoms with Gasteiger partial charge in [0, 0.05) is 5.69 Å². The number of rotatable bonds is 6. The minimum absolute atomic E-state index is 0.0390. The normalized spacial score (nSPS) is 10.7. The summed E-state index contributed by atoms with van der Waals surface area (Å²) >= 11 is 2.15. The second-order valence-corrected chi connectivity index (χ2v) is 6.45. The van der Waals surface area contributed by atoms with Crippen LogP contribution in [0.15, 0.2) is 60.7 Å². The molecule has 0 spiro atoms. The number of hydrogen-bond acceptors (Lipinski definition) is 3. The highest BCUT2D eigenvalue weighted by molar-refractivity contribution is 14.1. The number of nitrogens with one attached hydrogen (secondary N) is 1. The number of aryl methyl sites for hydroxylation is 1. The number of carbonyl (C=O) groups is 1. The maximum Gasteiger partial charge on any atom is 0.266 e. The van der Waals surface area contributed by atoms with E-state index in [4.69, 9.17) is 4.74 Å². The van der Waals surface area contributed by atoms with Crippen molar-refractivity contribution in [2.75, 3.05) is 11.9 Å². The quantitative estimate of drug-likeness (QED) is 0.304. The van der Waals surface area contributed by atoms with Crippen molar-refractivity contribution >= 4 is 40.3 Å². The number of amides is 1. The molecule has 0 unspecified atom stereocenters. The zero-order chi connectivity index (χ0) is 18.2. The predicted octanol–water partition coefficient (Wildman–Crippen LogP) is 4.71. The van der Waals surface area contributed by atoms with Crippen LogP contribution in [0.4, 0.5) is 5.69 Å². The van der Waals surface area contributed by atoms with Crippen LogP contribution < -0.4 is 10.1 Å². The number of nitrogens with zero attached hydrogens (tertiary/aromatic N) is 1. The lowest BCUT2D eigenvalue weighted by molar-refractivity contribution is -0.112. The van der Waals surface area contributed by atoms with Gasteiger partial charge in [-0.3, -0.25) is 4.79 Å². The molecule has 0 aliphatic heterocycles. The third kappa shape index (κ3) is 5.47. The summed E-state index contributed by atoms with van der Waals surface area (Å²) in [5, 5.41) is 12.1. The van der Waals surface area contributed by atoms with E-state index in [0.29, 0.717) is 12.3 Å². The van der Waals surface area contributed by atoms with Crippen molar-refractivity contribution in [1.82, 2.24) is 0 Å². The Labute approximate surface area is 161 Å². The first-order chi connectivity index (χ1) is 12.0. The molecule has 0 bridgehead atoms. The summed E-state index contributed by atoms with van der Waals surface area (Å²) in [6.07, 6.45) is 3.23. The minimum Gasteiger partial charge on any atom is -0.488 e. The zero-order valence-electron chi connectivity index (χ0n) is 13.8. The van der Waals surface area contributed by atoms with Crippen LogP contribution in [0.5, 0.6) is 5.75 Å². The molecule has 2 aromatic carbocycles. The van der Waals surface area contributed by atoms with E-state index < -0.39 is 5.91 Å². The van der Waals surface area contributed by atoms with Crippen LogP contribution in [0.2, 0.25) is 0 Å². The van der Waals surface area contributed by atoms with Crippen LogP contribution in [0.1, 0.15) is 11.1 Å². The monoisotopic (exact) mass is 444 g/mol. The topological polar surface area (TPSA) is 62.1 Å². The van der Waals surface area contributed by atoms with Gasteiger partial charge in [0.1, 0.15) is 24.0 Å². The van der Waals surface area contributed by atoms with Crippen LogP contribution in [0.25, 0.3) is 6.08 Å². The first kappa shape index (κ1) is 18.7. The fraction of sp³-hybridized carbons (Fsp3) is 0.100. The molecule has 0 atom stereocenters. The van der Waals surface area contributed by atoms with Crippen molar-refractivity contribution in [3.8, 4) is 11.8 Å². The Kier molecular flexibility index (Phi) is 6.78. The number of benzene rings is 2. The lowest BCUT2D eigenvalue weighted by atomic mass is 10.1. The average Bonchev–Trinajstić information content (AvgIpc) is 2.58. The molecule has 0 aliphatic rings. The van der Waals surface area contributed by atoms with Crippen molar-refractivity contribution in [3.63, 3.8) is 0 Å². The third-order valence-corrected chi connectivity index (χ3v) is 4.11. The average molecular weight is 444 g/mol. The largest absolute Gasteiger partial charge is 0.488 e. The lowest BCUT2D eigenvalue weighted by Crippen LogP contribution is -2.13. The SMILES string of the molecule is C=CCOc1ccc(/C=C(/C#N)C(=O)Nc2cccc(C)c2)cc1I. The highest BCUT2D eigenvalue weighted by Crippen LogP contribution is 2.23. The maximum absolute atomic E-state index is 12.3. The number of ether oxygens (including phenoxy) is 1. The van der Waals surface area contributed by atoms with E-state index in [1.165, 1.54) is 0 Å². The molecule has 1 amide bonds. The maximum atomic E-state index is 12.3. The first-order valence-electron chi connectivity index (χ1n) is 7.56. The molecule has 0 aromatic heterocycles. The van der Waals surface area contributed by atoms with Gasteiger partial charge in [0.15, 0.2) is 0 Å². The summed E-state index contributed by atoms with van der Waals surface area (Å²) in [6.45, 7) is 5.98. The van der Waals surface area contributed by atoms with Gasteiger partial charge in [-0.15, -0.1) is 0 Å². The summed E-state index contributed by atoms with van der Waals surface area (Å²) in [5.74, 6) is 0.301. The Morgan fingerprint density at radius 1 is 1.36 bits per heavy atom. The molecule has 4 nitrogen and oxygen atoms in total. The highest BCUT2D eigenvalue weighted by atomic mass is 127. The van der Waals surface area contributed by atoms with Gasteiger partial charge in [0.05, 0.1) is 3.57 Å². The van der Waals surface area contributed by atoms with Crippen molar-refractivity contribution in [2.24, 2.45) is 0 Å². The Hall–Kier alpha value is -2.59. The van der Waals surface area contributed by atoms with Gasteiger partial charge in [0.25, 0.3) is 5.91 Å². The molecule has 2 aromatic rings. The molecule has 0 fully saturated rings. The Morgan fingerprint density at radius 3 is 2.80 bits per heavy atom. The number of hydrogen-bond donors (Lipinski definition) is 1. The molecule has 0 radical (unpaired) electrons. The van der Waals surface area contributed by atoms with Crippen molar-refractivity contribution in [1.29, 1.82) is 5.26 Å². The number of anilines is 1. The zero-order valence-corrected chi connectivity index (χ0v) is 15.9. The summed E-state index contributed by atoms with van der Waals surface area (Å²) < 4.78 is 6.41. The fourth-order valence-electron chi connectivity index (χ4n) is 2.11. The number of halogens is 1. The highest BCUT2D eigenvalue weighted by Gasteiger charge is 2.10. The third-order valence-electron chi connectivity index (χ3n) is 3.26. The molecule has 1 N–H and O–H groups in total. The van der Waals surface area contributed by atoms with Gasteiger partial charge in [-0.25, -0.2) is 0 Å². The van der Waals surface area contributed by atoms with Crippen molar-refractivity contribution in [3.05, 3.63) is 75.4 Å². The van der Waals surface area contributed by atoms with Crippen LogP contribution in [-0.4, -0.2) is 12.5 Å². The molecule has 0 saturated carbocycles. The van der Waals surface area contributed by atoms with E-state index in [1.54, 1.807) is 24.3 Å². The molecular weight excluding hydrogens is 427 g/mol. The van der Waals surface area contributed by atoms with Gasteiger partial charge in [-0.1, -0.05) is 30.9 Å². The molecule has 0 saturated heterocycles. The summed E-state index contributed by atoms with van der Waals surface area (Å²) in [6, 6.07) is 14.9. The Morgan fingerprint density at radius 2 is 2.16 bits per heavy atom. The summed E-state index contributed by atoms with van der Waals surface area (Å²) in [4.78, 5) is 12.3. The standard InChI is InChI=1S/C20H17IN2O2/c1-3-9-25-19-8-7-15(12-18(19)21)11-16(13-22)20(24)23-17-6-4-5-14(2)10-17/h3-8,10-12H,1,9H2,2H3,(H,23,24)/b16-11-. The first-order valence-corrected chi connectivity index (χ1v) is 8.64. The van der Waals surface area contributed by atoms with E-state index in [9.17, 15) is 10.1 Å². The van der Waals surface area contributed by atoms with Crippen molar-refractivity contribution < 1.29 is 9.53 Å². The van der Waals surface area contributed by atoms with E-state index in [0.717, 1.165) is 20.4 Å². The van der Waals surface area contributed by atoms with Crippen LogP contribution in [0.3, 0.4) is 0 Å². The summed E-state index contributed by atoms with van der Waals surface area (Å²) in [7, 11) is 0. The predicted molar refractivity (Wildman–Crippen MR) is 108 cm³/mol. The van der Waals surface area contributed by atoms with Gasteiger partial charge in [0.2, 0.25) is 0 Å². The van der Waals surface area contributed by atoms with Crippen LogP contribution in [-0.2, 0) is 4.79 Å². The van der Waals surface area contributed by atoms with Crippen LogP contribution in [0, 0.1) is 21.8 Å². The Bertz CT molecular complexity index is 866. The fourth-order valence-corrected chi connectivity index (χ4v) is 2.80. The lowest BCUT2D eigenvalue weighted by Gasteiger charge is -2.07. The van der Waals surface area contributed by atoms with Gasteiger partial charge in [-0.2, -0.15) is 5.26 Å². The van der Waals surface area contributed by atoms with Crippen LogP contribution >= 0.6 is 22.6 Å². The van der Waals surface area contributed by atoms with Gasteiger partial charge >= 0.3 is 0 Å².